The lowest BCUT2D eigenvalue weighted by atomic mass is 10.2. The highest BCUT2D eigenvalue weighted by Gasteiger charge is 2.34. The van der Waals surface area contributed by atoms with Crippen LogP contribution in [0.3, 0.4) is 0 Å². The van der Waals surface area contributed by atoms with E-state index in [1.165, 1.54) is 5.56 Å². The number of pyridine rings is 1. The van der Waals surface area contributed by atoms with Crippen LogP contribution in [0.25, 0.3) is 0 Å². The highest BCUT2D eigenvalue weighted by Crippen LogP contribution is 2.38. The van der Waals surface area contributed by atoms with Gasteiger partial charge in [-0.25, -0.2) is 4.98 Å². The van der Waals surface area contributed by atoms with Crippen LogP contribution in [0.2, 0.25) is 0 Å². The van der Waals surface area contributed by atoms with Crippen molar-refractivity contribution in [3.8, 4) is 0 Å². The SMILES string of the molecule is Nc1ccc([C@@H]2C[C@H]2N)cn1. The standard InChI is InChI=1S/C8H11N3/c9-7-3-6(7)5-1-2-8(10)11-4-5/h1-2,4,6-7H,3,9H2,(H2,10,11)/t6-,7+/m0/s1. The number of hydrogen-bond acceptors (Lipinski definition) is 3. The van der Waals surface area contributed by atoms with Crippen molar-refractivity contribution in [1.29, 1.82) is 0 Å². The molecule has 4 N–H and O–H groups in total. The third-order valence-corrected chi connectivity index (χ3v) is 2.08. The Hall–Kier alpha value is -1.09. The van der Waals surface area contributed by atoms with E-state index in [1.54, 1.807) is 0 Å². The highest BCUT2D eigenvalue weighted by molar-refractivity contribution is 5.33. The molecule has 0 aromatic carbocycles. The van der Waals surface area contributed by atoms with Crippen LogP contribution < -0.4 is 11.5 Å². The molecule has 1 heterocycles. The van der Waals surface area contributed by atoms with E-state index in [1.807, 2.05) is 18.3 Å². The lowest BCUT2D eigenvalue weighted by Gasteiger charge is -1.96. The Morgan fingerprint density at radius 1 is 1.45 bits per heavy atom. The van der Waals surface area contributed by atoms with Crippen LogP contribution in [0.4, 0.5) is 5.82 Å². The second-order valence-electron chi connectivity index (χ2n) is 3.02. The van der Waals surface area contributed by atoms with E-state index >= 15 is 0 Å². The average Bonchev–Trinajstić information content (AvgIpc) is 2.69. The highest BCUT2D eigenvalue weighted by atomic mass is 14.8. The maximum absolute atomic E-state index is 5.68. The predicted molar refractivity (Wildman–Crippen MR) is 44.0 cm³/mol. The van der Waals surface area contributed by atoms with Gasteiger partial charge in [-0.3, -0.25) is 0 Å². The largest absolute Gasteiger partial charge is 0.384 e. The molecule has 2 rings (SSSR count). The maximum Gasteiger partial charge on any atom is 0.123 e. The smallest absolute Gasteiger partial charge is 0.123 e. The molecule has 0 spiro atoms. The number of anilines is 1. The fraction of sp³-hybridized carbons (Fsp3) is 0.375. The minimum atomic E-state index is 0.348. The third kappa shape index (κ3) is 1.19. The number of aromatic nitrogens is 1. The van der Waals surface area contributed by atoms with E-state index in [0.29, 0.717) is 17.8 Å². The van der Waals surface area contributed by atoms with Crippen molar-refractivity contribution >= 4 is 5.82 Å². The maximum atomic E-state index is 5.68. The summed E-state index contributed by atoms with van der Waals surface area (Å²) < 4.78 is 0. The zero-order valence-corrected chi connectivity index (χ0v) is 6.20. The molecule has 0 aliphatic heterocycles. The zero-order chi connectivity index (χ0) is 7.84. The molecule has 1 saturated carbocycles. The first-order valence-corrected chi connectivity index (χ1v) is 3.74. The Kier molecular flexibility index (Phi) is 1.32. The van der Waals surface area contributed by atoms with Crippen LogP contribution in [0.5, 0.6) is 0 Å². The lowest BCUT2D eigenvalue weighted by molar-refractivity contribution is 0.982. The molecule has 11 heavy (non-hydrogen) atoms. The van der Waals surface area contributed by atoms with Crippen molar-refractivity contribution in [2.24, 2.45) is 5.73 Å². The second kappa shape index (κ2) is 2.20. The summed E-state index contributed by atoms with van der Waals surface area (Å²) in [7, 11) is 0. The number of nitrogens with two attached hydrogens (primary N) is 2. The van der Waals surface area contributed by atoms with Gasteiger partial charge in [0.25, 0.3) is 0 Å². The van der Waals surface area contributed by atoms with Crippen LogP contribution in [0, 0.1) is 0 Å². The topological polar surface area (TPSA) is 64.9 Å². The summed E-state index contributed by atoms with van der Waals surface area (Å²) in [4.78, 5) is 4.00. The summed E-state index contributed by atoms with van der Waals surface area (Å²) >= 11 is 0. The van der Waals surface area contributed by atoms with Crippen LogP contribution >= 0.6 is 0 Å². The number of nitrogens with zero attached hydrogens (tertiary/aromatic N) is 1. The van der Waals surface area contributed by atoms with E-state index in [9.17, 15) is 0 Å². The van der Waals surface area contributed by atoms with Crippen molar-refractivity contribution in [2.45, 2.75) is 18.4 Å². The van der Waals surface area contributed by atoms with Gasteiger partial charge in [-0.15, -0.1) is 0 Å². The molecule has 0 bridgehead atoms. The molecule has 3 heteroatoms. The van der Waals surface area contributed by atoms with E-state index < -0.39 is 0 Å². The molecule has 0 amide bonds. The van der Waals surface area contributed by atoms with Gasteiger partial charge in [-0.2, -0.15) is 0 Å². The summed E-state index contributed by atoms with van der Waals surface area (Å²) in [5.41, 5.74) is 12.3. The number of hydrogen-bond donors (Lipinski definition) is 2. The first-order valence-electron chi connectivity index (χ1n) is 3.74. The summed E-state index contributed by atoms with van der Waals surface area (Å²) in [6.07, 6.45) is 2.90. The molecular weight excluding hydrogens is 138 g/mol. The molecule has 2 atom stereocenters. The first kappa shape index (κ1) is 6.61. The second-order valence-corrected chi connectivity index (χ2v) is 3.02. The quantitative estimate of drug-likeness (QED) is 0.610. The van der Waals surface area contributed by atoms with Crippen LogP contribution in [0.15, 0.2) is 18.3 Å². The fourth-order valence-electron chi connectivity index (χ4n) is 1.23. The Morgan fingerprint density at radius 2 is 2.18 bits per heavy atom. The molecule has 1 aromatic heterocycles. The first-order chi connectivity index (χ1) is 5.27. The predicted octanol–water partition coefficient (Wildman–Crippen LogP) is 0.478. The van der Waals surface area contributed by atoms with E-state index in [0.717, 1.165) is 6.42 Å². The van der Waals surface area contributed by atoms with Crippen LogP contribution in [-0.4, -0.2) is 11.0 Å². The zero-order valence-electron chi connectivity index (χ0n) is 6.20. The average molecular weight is 149 g/mol. The Balaban J connectivity index is 2.21. The summed E-state index contributed by atoms with van der Waals surface area (Å²) in [5.74, 6) is 1.10. The molecule has 3 nitrogen and oxygen atoms in total. The summed E-state index contributed by atoms with van der Waals surface area (Å²) in [6, 6.07) is 4.17. The van der Waals surface area contributed by atoms with E-state index in [-0.39, 0.29) is 0 Å². The molecule has 1 aliphatic rings. The minimum Gasteiger partial charge on any atom is -0.384 e. The Morgan fingerprint density at radius 3 is 2.64 bits per heavy atom. The van der Waals surface area contributed by atoms with Gasteiger partial charge >= 0.3 is 0 Å². The molecular formula is C8H11N3. The van der Waals surface area contributed by atoms with Crippen molar-refractivity contribution in [3.63, 3.8) is 0 Å². The molecule has 1 aromatic rings. The monoisotopic (exact) mass is 149 g/mol. The van der Waals surface area contributed by atoms with Crippen molar-refractivity contribution in [2.75, 3.05) is 5.73 Å². The number of nitrogen functional groups attached to an aromatic ring is 1. The van der Waals surface area contributed by atoms with Gasteiger partial charge < -0.3 is 11.5 Å². The van der Waals surface area contributed by atoms with Crippen LogP contribution in [-0.2, 0) is 0 Å². The Labute approximate surface area is 65.4 Å². The molecule has 58 valence electrons. The van der Waals surface area contributed by atoms with E-state index in [2.05, 4.69) is 4.98 Å². The summed E-state index contributed by atoms with van der Waals surface area (Å²) in [6.45, 7) is 0. The third-order valence-electron chi connectivity index (χ3n) is 2.08. The van der Waals surface area contributed by atoms with Crippen molar-refractivity contribution in [3.05, 3.63) is 23.9 Å². The normalized spacial score (nSPS) is 28.5. The van der Waals surface area contributed by atoms with Crippen molar-refractivity contribution < 1.29 is 0 Å². The lowest BCUT2D eigenvalue weighted by Crippen LogP contribution is -2.01. The van der Waals surface area contributed by atoms with Gasteiger partial charge in [-0.1, -0.05) is 6.07 Å². The van der Waals surface area contributed by atoms with Gasteiger partial charge in [0.05, 0.1) is 0 Å². The molecule has 0 radical (unpaired) electrons. The number of rotatable bonds is 1. The van der Waals surface area contributed by atoms with Crippen molar-refractivity contribution in [1.82, 2.24) is 4.98 Å². The molecule has 1 fully saturated rings. The van der Waals surface area contributed by atoms with E-state index in [4.69, 9.17) is 11.5 Å². The molecule has 1 aliphatic carbocycles. The fourth-order valence-corrected chi connectivity index (χ4v) is 1.23. The van der Waals surface area contributed by atoms with Gasteiger partial charge in [0.2, 0.25) is 0 Å². The summed E-state index contributed by atoms with van der Waals surface area (Å²) in [5, 5.41) is 0. The van der Waals surface area contributed by atoms with Gasteiger partial charge in [0, 0.05) is 18.2 Å². The molecule has 0 unspecified atom stereocenters. The van der Waals surface area contributed by atoms with Gasteiger partial charge in [-0.05, 0) is 18.1 Å². The van der Waals surface area contributed by atoms with Gasteiger partial charge in [0.1, 0.15) is 5.82 Å². The van der Waals surface area contributed by atoms with Crippen LogP contribution in [0.1, 0.15) is 17.9 Å². The Bertz CT molecular complexity index is 255. The van der Waals surface area contributed by atoms with Gasteiger partial charge in [0.15, 0.2) is 0 Å². The molecule has 0 saturated heterocycles. The minimum absolute atomic E-state index is 0.348.